The Morgan fingerprint density at radius 2 is 1.18 bits per heavy atom. The van der Waals surface area contributed by atoms with Crippen LogP contribution in [0.25, 0.3) is 0 Å². The lowest BCUT2D eigenvalue weighted by atomic mass is 9.97. The van der Waals surface area contributed by atoms with Crippen molar-refractivity contribution in [3.63, 3.8) is 0 Å². The maximum Gasteiger partial charge on any atom is 0.112 e. The molecular weight excluding hydrogens is 436 g/mol. The quantitative estimate of drug-likeness (QED) is 0.295. The van der Waals surface area contributed by atoms with Gasteiger partial charge in [-0.05, 0) is 89.0 Å². The average Bonchev–Trinajstić information content (AvgIpc) is 3.14. The molecule has 2 N–H and O–H groups in total. The number of thiocarbonyl (C=S) groups is 1. The van der Waals surface area contributed by atoms with Gasteiger partial charge in [0.1, 0.15) is 6.04 Å². The summed E-state index contributed by atoms with van der Waals surface area (Å²) in [4.78, 5) is 12.8. The van der Waals surface area contributed by atoms with Crippen molar-refractivity contribution in [3.8, 4) is 0 Å². The third-order valence-corrected chi connectivity index (χ3v) is 6.88. The number of aromatic nitrogens is 2. The van der Waals surface area contributed by atoms with E-state index in [0.29, 0.717) is 0 Å². The number of rotatable bonds is 1. The van der Waals surface area contributed by atoms with Crippen molar-refractivity contribution >= 4 is 17.4 Å². The van der Waals surface area contributed by atoms with Gasteiger partial charge >= 0.3 is 0 Å². The van der Waals surface area contributed by atoms with Crippen LogP contribution >= 0.6 is 12.2 Å². The molecule has 4 aromatic rings. The van der Waals surface area contributed by atoms with Crippen molar-refractivity contribution in [2.45, 2.75) is 37.8 Å². The van der Waals surface area contributed by atoms with E-state index in [1.54, 1.807) is 0 Å². The second-order valence-electron chi connectivity index (χ2n) is 8.65. The van der Waals surface area contributed by atoms with Gasteiger partial charge in [-0.3, -0.25) is 9.97 Å². The van der Waals surface area contributed by atoms with Crippen molar-refractivity contribution in [1.29, 1.82) is 0 Å². The monoisotopic (exact) mass is 462 g/mol. The van der Waals surface area contributed by atoms with Gasteiger partial charge in [-0.15, -0.1) is 0 Å². The number of nitrogens with two attached hydrogens (primary N) is 1. The van der Waals surface area contributed by atoms with Crippen molar-refractivity contribution in [2.75, 3.05) is 0 Å². The Hall–Kier alpha value is -3.50. The molecule has 0 spiro atoms. The molecule has 0 radical (unpaired) electrons. The fourth-order valence-electron chi connectivity index (χ4n) is 5.01. The highest BCUT2D eigenvalue weighted by Crippen LogP contribution is 2.34. The number of fused-ring (bicyclic) bond motifs is 4. The molecule has 0 saturated carbocycles. The average molecular weight is 463 g/mol. The Balaban J connectivity index is 0.000000142. The molecule has 2 aliphatic carbocycles. The van der Waals surface area contributed by atoms with E-state index in [9.17, 15) is 0 Å². The third-order valence-electron chi connectivity index (χ3n) is 6.77. The molecule has 168 valence electrons. The summed E-state index contributed by atoms with van der Waals surface area (Å²) >= 11 is 4.80. The zero-order chi connectivity index (χ0) is 23.3. The molecule has 2 atom stereocenters. The van der Waals surface area contributed by atoms with E-state index in [1.165, 1.54) is 38.9 Å². The van der Waals surface area contributed by atoms with Gasteiger partial charge in [0.2, 0.25) is 0 Å². The van der Waals surface area contributed by atoms with Crippen LogP contribution in [0.5, 0.6) is 0 Å². The predicted molar refractivity (Wildman–Crippen MR) is 139 cm³/mol. The first-order valence-corrected chi connectivity index (χ1v) is 12.0. The van der Waals surface area contributed by atoms with Gasteiger partial charge in [0.25, 0.3) is 0 Å². The van der Waals surface area contributed by atoms with Crippen LogP contribution in [-0.2, 0) is 25.7 Å². The molecule has 0 fully saturated rings. The van der Waals surface area contributed by atoms with Gasteiger partial charge < -0.3 is 5.73 Å². The van der Waals surface area contributed by atoms with E-state index in [1.807, 2.05) is 30.9 Å². The molecule has 2 aliphatic rings. The van der Waals surface area contributed by atoms with Gasteiger partial charge in [-0.25, -0.2) is 4.99 Å². The molecule has 2 heterocycles. The minimum atomic E-state index is -0.0510. The number of hydrogen-bond donors (Lipinski definition) is 1. The third kappa shape index (κ3) is 4.46. The Labute approximate surface area is 205 Å². The van der Waals surface area contributed by atoms with Gasteiger partial charge in [-0.1, -0.05) is 48.5 Å². The number of benzene rings is 2. The number of pyridine rings is 2. The molecule has 2 unspecified atom stereocenters. The van der Waals surface area contributed by atoms with Gasteiger partial charge in [0.05, 0.1) is 11.2 Å². The fourth-order valence-corrected chi connectivity index (χ4v) is 5.12. The molecule has 0 saturated heterocycles. The van der Waals surface area contributed by atoms with Crippen LogP contribution in [0.15, 0.2) is 90.4 Å². The lowest BCUT2D eigenvalue weighted by Gasteiger charge is -2.14. The number of nitrogens with zero attached hydrogens (tertiary/aromatic N) is 3. The van der Waals surface area contributed by atoms with Crippen LogP contribution in [0.2, 0.25) is 0 Å². The highest BCUT2D eigenvalue weighted by atomic mass is 32.1. The summed E-state index contributed by atoms with van der Waals surface area (Å²) < 4.78 is 0. The van der Waals surface area contributed by atoms with Crippen molar-refractivity contribution in [1.82, 2.24) is 9.97 Å². The number of aryl methyl sites for hydroxylation is 4. The lowest BCUT2D eigenvalue weighted by molar-refractivity contribution is 0.855. The first-order chi connectivity index (χ1) is 16.8. The SMILES string of the molecule is NC1c2ccccc2CCc2ccncc21.S=C=NC1c2ccccc2CCc2ccncc21. The molecule has 2 aromatic carbocycles. The second-order valence-corrected chi connectivity index (χ2v) is 8.83. The molecule has 0 amide bonds. The molecule has 34 heavy (non-hydrogen) atoms. The topological polar surface area (TPSA) is 64.2 Å². The molecule has 0 bridgehead atoms. The maximum atomic E-state index is 6.32. The molecule has 6 rings (SSSR count). The molecule has 4 nitrogen and oxygen atoms in total. The molecule has 5 heteroatoms. The van der Waals surface area contributed by atoms with Gasteiger partial charge in [0, 0.05) is 30.4 Å². The first-order valence-electron chi connectivity index (χ1n) is 11.6. The van der Waals surface area contributed by atoms with Gasteiger partial charge in [-0.2, -0.15) is 0 Å². The molecule has 0 aliphatic heterocycles. The van der Waals surface area contributed by atoms with Crippen molar-refractivity contribution in [3.05, 3.63) is 130 Å². The summed E-state index contributed by atoms with van der Waals surface area (Å²) in [5.41, 5.74) is 16.5. The van der Waals surface area contributed by atoms with Crippen LogP contribution < -0.4 is 5.73 Å². The molecule has 2 aromatic heterocycles. The number of isothiocyanates is 1. The summed E-state index contributed by atoms with van der Waals surface area (Å²) in [5, 5.41) is 2.53. The number of aliphatic imine (C=N–C) groups is 1. The Bertz CT molecular complexity index is 1260. The van der Waals surface area contributed by atoms with Crippen molar-refractivity contribution < 1.29 is 0 Å². The smallest absolute Gasteiger partial charge is 0.112 e. The zero-order valence-electron chi connectivity index (χ0n) is 18.9. The van der Waals surface area contributed by atoms with E-state index in [4.69, 9.17) is 18.0 Å². The second kappa shape index (κ2) is 10.2. The standard InChI is InChI=1S/C15H12N2S.C14H14N2/c18-10-17-15-13-4-2-1-3-11(13)5-6-12-7-8-16-9-14(12)15;15-14-12-4-2-1-3-10(12)5-6-11-7-8-16-9-13(11)14/h1-4,7-9,15H,5-6H2;1-4,7-9,14H,5-6,15H2. The van der Waals surface area contributed by atoms with E-state index >= 15 is 0 Å². The van der Waals surface area contributed by atoms with E-state index in [-0.39, 0.29) is 12.1 Å². The summed E-state index contributed by atoms with van der Waals surface area (Å²) in [7, 11) is 0. The lowest BCUT2D eigenvalue weighted by Crippen LogP contribution is -2.13. The largest absolute Gasteiger partial charge is 0.320 e. The summed E-state index contributed by atoms with van der Waals surface area (Å²) in [6.07, 6.45) is 11.7. The van der Waals surface area contributed by atoms with Gasteiger partial charge in [0.15, 0.2) is 0 Å². The summed E-state index contributed by atoms with van der Waals surface area (Å²) in [6.45, 7) is 0. The highest BCUT2D eigenvalue weighted by molar-refractivity contribution is 7.78. The van der Waals surface area contributed by atoms with E-state index in [2.05, 4.69) is 74.7 Å². The molecular formula is C29H26N4S. The Morgan fingerprint density at radius 3 is 1.82 bits per heavy atom. The minimum absolute atomic E-state index is 0.0256. The summed E-state index contributed by atoms with van der Waals surface area (Å²) in [6, 6.07) is 20.9. The number of hydrogen-bond acceptors (Lipinski definition) is 5. The van der Waals surface area contributed by atoms with Crippen LogP contribution in [0, 0.1) is 0 Å². The van der Waals surface area contributed by atoms with Crippen LogP contribution in [0.3, 0.4) is 0 Å². The zero-order valence-corrected chi connectivity index (χ0v) is 19.7. The van der Waals surface area contributed by atoms with E-state index < -0.39 is 0 Å². The fraction of sp³-hybridized carbons (Fsp3) is 0.207. The van der Waals surface area contributed by atoms with Crippen LogP contribution in [-0.4, -0.2) is 15.1 Å². The van der Waals surface area contributed by atoms with Crippen molar-refractivity contribution in [2.24, 2.45) is 10.7 Å². The Kier molecular flexibility index (Phi) is 6.68. The van der Waals surface area contributed by atoms with E-state index in [0.717, 1.165) is 31.2 Å². The minimum Gasteiger partial charge on any atom is -0.320 e. The predicted octanol–water partition coefficient (Wildman–Crippen LogP) is 5.60. The normalized spacial score (nSPS) is 17.7. The highest BCUT2D eigenvalue weighted by Gasteiger charge is 2.23. The summed E-state index contributed by atoms with van der Waals surface area (Å²) in [5.74, 6) is 0. The maximum absolute atomic E-state index is 6.32. The van der Waals surface area contributed by atoms with Crippen LogP contribution in [0.4, 0.5) is 0 Å². The van der Waals surface area contributed by atoms with Crippen LogP contribution in [0.1, 0.15) is 56.6 Å². The Morgan fingerprint density at radius 1 is 0.676 bits per heavy atom. The first kappa shape index (κ1) is 22.3.